The van der Waals surface area contributed by atoms with Gasteiger partial charge >= 0.3 is 5.97 Å². The van der Waals surface area contributed by atoms with Crippen molar-refractivity contribution < 1.29 is 9.90 Å². The molecule has 4 heteroatoms. The molecule has 20 heavy (non-hydrogen) atoms. The molecule has 4 nitrogen and oxygen atoms in total. The first kappa shape index (κ1) is 12.4. The Bertz CT molecular complexity index is 748. The monoisotopic (exact) mass is 266 g/mol. The minimum atomic E-state index is -0.809. The number of carboxylic acids is 1. The Hall–Kier alpha value is -2.62. The van der Waals surface area contributed by atoms with Gasteiger partial charge in [0.25, 0.3) is 0 Å². The zero-order valence-electron chi connectivity index (χ0n) is 10.9. The van der Waals surface area contributed by atoms with Crippen molar-refractivity contribution in [1.82, 2.24) is 9.55 Å². The van der Waals surface area contributed by atoms with Crippen LogP contribution in [-0.2, 0) is 11.2 Å². The van der Waals surface area contributed by atoms with Gasteiger partial charge in [-0.1, -0.05) is 30.3 Å². The van der Waals surface area contributed by atoms with Crippen LogP contribution in [0.1, 0.15) is 12.2 Å². The van der Waals surface area contributed by atoms with Gasteiger partial charge in [-0.15, -0.1) is 0 Å². The van der Waals surface area contributed by atoms with Crippen molar-refractivity contribution in [2.24, 2.45) is 0 Å². The number of aryl methyl sites for hydroxylation is 1. The third kappa shape index (κ3) is 2.28. The summed E-state index contributed by atoms with van der Waals surface area (Å²) in [6.07, 6.45) is 0.495. The van der Waals surface area contributed by atoms with Crippen LogP contribution in [0, 0.1) is 0 Å². The zero-order valence-corrected chi connectivity index (χ0v) is 10.9. The molecular weight excluding hydrogens is 252 g/mol. The standard InChI is InChI=1S/C16H14N2O2/c19-16(20)11-10-15-17-13-8-4-5-9-14(13)18(15)12-6-2-1-3-7-12/h1-9H,10-11H2,(H,19,20). The molecule has 0 aliphatic carbocycles. The van der Waals surface area contributed by atoms with E-state index in [1.165, 1.54) is 0 Å². The second kappa shape index (κ2) is 5.17. The summed E-state index contributed by atoms with van der Waals surface area (Å²) in [7, 11) is 0. The fourth-order valence-corrected chi connectivity index (χ4v) is 2.33. The number of imidazole rings is 1. The highest BCUT2D eigenvalue weighted by Crippen LogP contribution is 2.22. The lowest BCUT2D eigenvalue weighted by Crippen LogP contribution is -2.05. The summed E-state index contributed by atoms with van der Waals surface area (Å²) in [4.78, 5) is 15.4. The van der Waals surface area contributed by atoms with Gasteiger partial charge in [0.15, 0.2) is 0 Å². The van der Waals surface area contributed by atoms with Gasteiger partial charge in [-0.05, 0) is 24.3 Å². The molecule has 0 bridgehead atoms. The highest BCUT2D eigenvalue weighted by atomic mass is 16.4. The number of hydrogen-bond donors (Lipinski definition) is 1. The topological polar surface area (TPSA) is 55.1 Å². The molecular formula is C16H14N2O2. The van der Waals surface area contributed by atoms with E-state index in [9.17, 15) is 4.79 Å². The molecule has 0 saturated carbocycles. The van der Waals surface area contributed by atoms with Crippen molar-refractivity contribution in [3.8, 4) is 5.69 Å². The van der Waals surface area contributed by atoms with E-state index in [0.29, 0.717) is 6.42 Å². The van der Waals surface area contributed by atoms with Crippen molar-refractivity contribution in [3.63, 3.8) is 0 Å². The van der Waals surface area contributed by atoms with E-state index in [4.69, 9.17) is 5.11 Å². The summed E-state index contributed by atoms with van der Waals surface area (Å²) in [6.45, 7) is 0. The van der Waals surface area contributed by atoms with Crippen molar-refractivity contribution >= 4 is 17.0 Å². The Balaban J connectivity index is 2.16. The minimum absolute atomic E-state index is 0.0795. The molecule has 1 N–H and O–H groups in total. The Morgan fingerprint density at radius 2 is 1.75 bits per heavy atom. The molecule has 0 aliphatic rings. The van der Waals surface area contributed by atoms with Gasteiger partial charge in [0, 0.05) is 12.1 Å². The van der Waals surface area contributed by atoms with Crippen LogP contribution >= 0.6 is 0 Å². The second-order valence-corrected chi connectivity index (χ2v) is 4.58. The average molecular weight is 266 g/mol. The average Bonchev–Trinajstić information content (AvgIpc) is 2.84. The van der Waals surface area contributed by atoms with Crippen LogP contribution in [0.4, 0.5) is 0 Å². The second-order valence-electron chi connectivity index (χ2n) is 4.58. The molecule has 1 aromatic heterocycles. The van der Waals surface area contributed by atoms with Crippen LogP contribution in [0.3, 0.4) is 0 Å². The molecule has 2 aromatic carbocycles. The number of carbonyl (C=O) groups is 1. The number of rotatable bonds is 4. The maximum Gasteiger partial charge on any atom is 0.303 e. The quantitative estimate of drug-likeness (QED) is 0.789. The summed E-state index contributed by atoms with van der Waals surface area (Å²) in [5, 5.41) is 8.87. The van der Waals surface area contributed by atoms with Crippen LogP contribution < -0.4 is 0 Å². The largest absolute Gasteiger partial charge is 0.481 e. The van der Waals surface area contributed by atoms with Gasteiger partial charge in [-0.3, -0.25) is 9.36 Å². The molecule has 0 spiro atoms. The number of carboxylic acid groups (broad SMARTS) is 1. The van der Waals surface area contributed by atoms with Crippen LogP contribution in [0.15, 0.2) is 54.6 Å². The number of aromatic nitrogens is 2. The van der Waals surface area contributed by atoms with Crippen molar-refractivity contribution in [3.05, 3.63) is 60.4 Å². The maximum atomic E-state index is 10.8. The van der Waals surface area contributed by atoms with Crippen molar-refractivity contribution in [1.29, 1.82) is 0 Å². The summed E-state index contributed by atoms with van der Waals surface area (Å²) in [5.74, 6) is -0.0310. The predicted octanol–water partition coefficient (Wildman–Crippen LogP) is 3.04. The molecule has 0 saturated heterocycles. The van der Waals surface area contributed by atoms with Crippen LogP contribution in [0.2, 0.25) is 0 Å². The fraction of sp³-hybridized carbons (Fsp3) is 0.125. The van der Waals surface area contributed by atoms with Gasteiger partial charge in [-0.2, -0.15) is 0 Å². The molecule has 100 valence electrons. The number of nitrogens with zero attached hydrogens (tertiary/aromatic N) is 2. The Morgan fingerprint density at radius 1 is 1.05 bits per heavy atom. The van der Waals surface area contributed by atoms with Crippen LogP contribution in [0.25, 0.3) is 16.7 Å². The lowest BCUT2D eigenvalue weighted by atomic mass is 10.2. The Labute approximate surface area is 116 Å². The highest BCUT2D eigenvalue weighted by molar-refractivity contribution is 5.78. The normalized spacial score (nSPS) is 10.8. The van der Waals surface area contributed by atoms with Crippen LogP contribution in [0.5, 0.6) is 0 Å². The summed E-state index contributed by atoms with van der Waals surface area (Å²) in [6, 6.07) is 17.7. The van der Waals surface area contributed by atoms with E-state index >= 15 is 0 Å². The lowest BCUT2D eigenvalue weighted by Gasteiger charge is -2.08. The first-order valence-corrected chi connectivity index (χ1v) is 6.49. The Kier molecular flexibility index (Phi) is 3.21. The summed E-state index contributed by atoms with van der Waals surface area (Å²) >= 11 is 0. The number of para-hydroxylation sites is 3. The Morgan fingerprint density at radius 3 is 2.50 bits per heavy atom. The SMILES string of the molecule is O=C(O)CCc1nc2ccccc2n1-c1ccccc1. The molecule has 0 atom stereocenters. The van der Waals surface area contributed by atoms with Gasteiger partial charge in [-0.25, -0.2) is 4.98 Å². The summed E-state index contributed by atoms with van der Waals surface area (Å²) in [5.41, 5.74) is 2.89. The van der Waals surface area contributed by atoms with Gasteiger partial charge in [0.1, 0.15) is 5.82 Å². The van der Waals surface area contributed by atoms with Crippen LogP contribution in [-0.4, -0.2) is 20.6 Å². The third-order valence-electron chi connectivity index (χ3n) is 3.21. The first-order valence-electron chi connectivity index (χ1n) is 6.49. The number of aliphatic carboxylic acids is 1. The van der Waals surface area contributed by atoms with Gasteiger partial charge < -0.3 is 5.11 Å². The fourth-order valence-electron chi connectivity index (χ4n) is 2.33. The summed E-state index contributed by atoms with van der Waals surface area (Å²) < 4.78 is 2.03. The molecule has 3 aromatic rings. The van der Waals surface area contributed by atoms with Gasteiger partial charge in [0.2, 0.25) is 0 Å². The smallest absolute Gasteiger partial charge is 0.303 e. The van der Waals surface area contributed by atoms with E-state index in [1.54, 1.807) is 0 Å². The molecule has 0 unspecified atom stereocenters. The first-order chi connectivity index (χ1) is 9.75. The number of fused-ring (bicyclic) bond motifs is 1. The van der Waals surface area contributed by atoms with E-state index < -0.39 is 5.97 Å². The zero-order chi connectivity index (χ0) is 13.9. The molecule has 0 radical (unpaired) electrons. The molecule has 0 fully saturated rings. The van der Waals surface area contributed by atoms with E-state index in [2.05, 4.69) is 4.98 Å². The van der Waals surface area contributed by atoms with Crippen molar-refractivity contribution in [2.45, 2.75) is 12.8 Å². The van der Waals surface area contributed by atoms with Crippen molar-refractivity contribution in [2.75, 3.05) is 0 Å². The molecule has 1 heterocycles. The predicted molar refractivity (Wildman–Crippen MR) is 77.0 cm³/mol. The number of benzene rings is 2. The van der Waals surface area contributed by atoms with Gasteiger partial charge in [0.05, 0.1) is 17.5 Å². The number of hydrogen-bond acceptors (Lipinski definition) is 2. The van der Waals surface area contributed by atoms with E-state index in [1.807, 2.05) is 59.2 Å². The third-order valence-corrected chi connectivity index (χ3v) is 3.21. The van der Waals surface area contributed by atoms with E-state index in [-0.39, 0.29) is 6.42 Å². The highest BCUT2D eigenvalue weighted by Gasteiger charge is 2.12. The maximum absolute atomic E-state index is 10.8. The molecule has 0 aliphatic heterocycles. The molecule has 3 rings (SSSR count). The van der Waals surface area contributed by atoms with E-state index in [0.717, 1.165) is 22.5 Å². The lowest BCUT2D eigenvalue weighted by molar-refractivity contribution is -0.137. The minimum Gasteiger partial charge on any atom is -0.481 e. The molecule has 0 amide bonds.